The van der Waals surface area contributed by atoms with Gasteiger partial charge in [0.15, 0.2) is 11.5 Å². The fourth-order valence-corrected chi connectivity index (χ4v) is 3.06. The highest BCUT2D eigenvalue weighted by Gasteiger charge is 2.18. The lowest BCUT2D eigenvalue weighted by atomic mass is 10.1. The summed E-state index contributed by atoms with van der Waals surface area (Å²) in [5.41, 5.74) is 1.66. The second-order valence-corrected chi connectivity index (χ2v) is 6.98. The lowest BCUT2D eigenvalue weighted by molar-refractivity contribution is 0.306. The second kappa shape index (κ2) is 7.09. The van der Waals surface area contributed by atoms with E-state index in [0.717, 1.165) is 10.9 Å². The first-order valence-corrected chi connectivity index (χ1v) is 9.04. The molecular weight excluding hydrogens is 380 g/mol. The molecule has 0 fully saturated rings. The maximum atomic E-state index is 11.9. The Morgan fingerprint density at radius 1 is 1.00 bits per heavy atom. The standard InChI is InChI=1S/C22H17ClO5/c1-12-20(24)13(2)22(25)28-21(12)19-10-15-9-17(7-8-18(15)27-19)26-11-14-3-5-16(23)6-4-14/h3-10,24H,11H2,1-2H3. The molecule has 2 aromatic carbocycles. The zero-order valence-electron chi connectivity index (χ0n) is 15.3. The Labute approximate surface area is 165 Å². The van der Waals surface area contributed by atoms with Gasteiger partial charge in [0.25, 0.3) is 0 Å². The number of fused-ring (bicyclic) bond motifs is 1. The Balaban J connectivity index is 1.64. The van der Waals surface area contributed by atoms with Crippen LogP contribution >= 0.6 is 11.6 Å². The van der Waals surface area contributed by atoms with Crippen LogP contribution in [0.1, 0.15) is 16.7 Å². The molecule has 0 aliphatic rings. The predicted molar refractivity (Wildman–Crippen MR) is 107 cm³/mol. The fourth-order valence-electron chi connectivity index (χ4n) is 2.94. The molecular formula is C22H17ClO5. The highest BCUT2D eigenvalue weighted by atomic mass is 35.5. The molecule has 0 atom stereocenters. The van der Waals surface area contributed by atoms with E-state index in [4.69, 9.17) is 25.2 Å². The molecule has 0 spiro atoms. The summed E-state index contributed by atoms with van der Waals surface area (Å²) in [7, 11) is 0. The third kappa shape index (κ3) is 3.37. The Hall–Kier alpha value is -3.18. The first-order chi connectivity index (χ1) is 13.4. The van der Waals surface area contributed by atoms with Crippen molar-refractivity contribution < 1.29 is 18.7 Å². The van der Waals surface area contributed by atoms with Gasteiger partial charge in [-0.15, -0.1) is 0 Å². The summed E-state index contributed by atoms with van der Waals surface area (Å²) in [5.74, 6) is 1.18. The van der Waals surface area contributed by atoms with Crippen LogP contribution in [0, 0.1) is 13.8 Å². The van der Waals surface area contributed by atoms with Crippen molar-refractivity contribution in [3.05, 3.63) is 80.7 Å². The van der Waals surface area contributed by atoms with Crippen LogP contribution in [0.15, 0.2) is 62.2 Å². The van der Waals surface area contributed by atoms with Crippen LogP contribution in [-0.4, -0.2) is 5.11 Å². The topological polar surface area (TPSA) is 72.8 Å². The number of ether oxygens (including phenoxy) is 1. The van der Waals surface area contributed by atoms with E-state index in [2.05, 4.69) is 0 Å². The van der Waals surface area contributed by atoms with Crippen molar-refractivity contribution in [2.75, 3.05) is 0 Å². The highest BCUT2D eigenvalue weighted by molar-refractivity contribution is 6.30. The van der Waals surface area contributed by atoms with Gasteiger partial charge in [-0.1, -0.05) is 23.7 Å². The molecule has 0 aliphatic heterocycles. The molecule has 0 bridgehead atoms. The molecule has 5 nitrogen and oxygen atoms in total. The van der Waals surface area contributed by atoms with E-state index in [1.165, 1.54) is 6.92 Å². The summed E-state index contributed by atoms with van der Waals surface area (Å²) in [6, 6.07) is 14.7. The molecule has 0 aliphatic carbocycles. The van der Waals surface area contributed by atoms with E-state index >= 15 is 0 Å². The summed E-state index contributed by atoms with van der Waals surface area (Å²) < 4.78 is 17.0. The number of hydrogen-bond donors (Lipinski definition) is 1. The quantitative estimate of drug-likeness (QED) is 0.485. The molecule has 2 heterocycles. The minimum Gasteiger partial charge on any atom is -0.507 e. The summed E-state index contributed by atoms with van der Waals surface area (Å²) in [4.78, 5) is 11.9. The SMILES string of the molecule is Cc1c(-c2cc3cc(OCc4ccc(Cl)cc4)ccc3o2)oc(=O)c(C)c1O. The molecule has 0 saturated carbocycles. The maximum Gasteiger partial charge on any atom is 0.343 e. The number of hydrogen-bond acceptors (Lipinski definition) is 5. The number of aromatic hydroxyl groups is 1. The van der Waals surface area contributed by atoms with Crippen LogP contribution in [0.2, 0.25) is 5.02 Å². The zero-order chi connectivity index (χ0) is 19.8. The third-order valence-corrected chi connectivity index (χ3v) is 4.83. The molecule has 0 amide bonds. The van der Waals surface area contributed by atoms with Crippen molar-refractivity contribution in [3.8, 4) is 23.0 Å². The highest BCUT2D eigenvalue weighted by Crippen LogP contribution is 2.34. The average Bonchev–Trinajstić information content (AvgIpc) is 3.11. The number of halogens is 1. The molecule has 0 radical (unpaired) electrons. The number of rotatable bonds is 4. The molecule has 1 N–H and O–H groups in total. The van der Waals surface area contributed by atoms with Gasteiger partial charge in [0.05, 0.1) is 5.56 Å². The molecule has 142 valence electrons. The summed E-state index contributed by atoms with van der Waals surface area (Å²) >= 11 is 5.89. The average molecular weight is 397 g/mol. The maximum absolute atomic E-state index is 11.9. The van der Waals surface area contributed by atoms with Gasteiger partial charge in [0.1, 0.15) is 23.7 Å². The monoisotopic (exact) mass is 396 g/mol. The largest absolute Gasteiger partial charge is 0.507 e. The Kier molecular flexibility index (Phi) is 4.61. The van der Waals surface area contributed by atoms with Gasteiger partial charge >= 0.3 is 5.63 Å². The summed E-state index contributed by atoms with van der Waals surface area (Å²) in [6.07, 6.45) is 0. The minimum atomic E-state index is -0.592. The van der Waals surface area contributed by atoms with E-state index in [-0.39, 0.29) is 17.1 Å². The molecule has 6 heteroatoms. The predicted octanol–water partition coefficient (Wildman–Crippen LogP) is 5.61. The van der Waals surface area contributed by atoms with Crippen molar-refractivity contribution in [2.24, 2.45) is 0 Å². The first-order valence-electron chi connectivity index (χ1n) is 8.67. The van der Waals surface area contributed by atoms with E-state index in [1.807, 2.05) is 30.3 Å². The molecule has 0 saturated heterocycles. The van der Waals surface area contributed by atoms with Crippen LogP contribution in [0.3, 0.4) is 0 Å². The Morgan fingerprint density at radius 3 is 2.50 bits per heavy atom. The molecule has 0 unspecified atom stereocenters. The van der Waals surface area contributed by atoms with Crippen molar-refractivity contribution in [3.63, 3.8) is 0 Å². The fraction of sp³-hybridized carbons (Fsp3) is 0.136. The van der Waals surface area contributed by atoms with Crippen LogP contribution in [0.4, 0.5) is 0 Å². The van der Waals surface area contributed by atoms with Crippen molar-refractivity contribution in [2.45, 2.75) is 20.5 Å². The Morgan fingerprint density at radius 2 is 1.75 bits per heavy atom. The van der Waals surface area contributed by atoms with Gasteiger partial charge in [0, 0.05) is 16.0 Å². The smallest absolute Gasteiger partial charge is 0.343 e. The molecule has 4 aromatic rings. The van der Waals surface area contributed by atoms with Crippen LogP contribution in [-0.2, 0) is 6.61 Å². The molecule has 28 heavy (non-hydrogen) atoms. The van der Waals surface area contributed by atoms with Crippen molar-refractivity contribution in [1.82, 2.24) is 0 Å². The summed E-state index contributed by atoms with van der Waals surface area (Å²) in [6.45, 7) is 3.60. The van der Waals surface area contributed by atoms with Crippen molar-refractivity contribution in [1.29, 1.82) is 0 Å². The van der Waals surface area contributed by atoms with E-state index in [1.54, 1.807) is 25.1 Å². The van der Waals surface area contributed by atoms with Gasteiger partial charge in [0.2, 0.25) is 0 Å². The number of furan rings is 1. The zero-order valence-corrected chi connectivity index (χ0v) is 16.0. The lowest BCUT2D eigenvalue weighted by Crippen LogP contribution is -2.05. The minimum absolute atomic E-state index is 0.0845. The van der Waals surface area contributed by atoms with Gasteiger partial charge in [-0.05, 0) is 55.8 Å². The summed E-state index contributed by atoms with van der Waals surface area (Å²) in [5, 5.41) is 11.6. The van der Waals surface area contributed by atoms with Crippen molar-refractivity contribution >= 4 is 22.6 Å². The van der Waals surface area contributed by atoms with Crippen LogP contribution < -0.4 is 10.4 Å². The van der Waals surface area contributed by atoms with E-state index in [9.17, 15) is 9.90 Å². The molecule has 4 rings (SSSR count). The van der Waals surface area contributed by atoms with Gasteiger partial charge in [-0.25, -0.2) is 4.79 Å². The first kappa shape index (κ1) is 18.2. The lowest BCUT2D eigenvalue weighted by Gasteiger charge is -2.06. The number of benzene rings is 2. The normalized spacial score (nSPS) is 11.1. The van der Waals surface area contributed by atoms with Crippen LogP contribution in [0.25, 0.3) is 22.5 Å². The third-order valence-electron chi connectivity index (χ3n) is 4.58. The Bertz CT molecular complexity index is 1220. The van der Waals surface area contributed by atoms with Gasteiger partial charge < -0.3 is 18.7 Å². The van der Waals surface area contributed by atoms with Crippen LogP contribution in [0.5, 0.6) is 11.5 Å². The second-order valence-electron chi connectivity index (χ2n) is 6.54. The van der Waals surface area contributed by atoms with Gasteiger partial charge in [-0.3, -0.25) is 0 Å². The van der Waals surface area contributed by atoms with Gasteiger partial charge in [-0.2, -0.15) is 0 Å². The van der Waals surface area contributed by atoms with E-state index < -0.39 is 5.63 Å². The van der Waals surface area contributed by atoms with E-state index in [0.29, 0.717) is 34.3 Å². The molecule has 2 aromatic heterocycles.